The van der Waals surface area contributed by atoms with Crippen molar-refractivity contribution >= 4 is 40.2 Å². The molecule has 0 aliphatic carbocycles. The lowest BCUT2D eigenvalue weighted by molar-refractivity contribution is 0.0597. The fraction of sp³-hybridized carbons (Fsp3) is 0.222. The number of carbonyl (C=O) groups excluding carboxylic acids is 1. The number of rotatable bonds is 2. The first-order valence-electron chi connectivity index (χ1n) is 3.71. The number of ether oxygens (including phenoxy) is 2. The quantitative estimate of drug-likeness (QED) is 0.619. The smallest absolute Gasteiger partial charge is 0.341 e. The molecule has 0 spiro atoms. The zero-order chi connectivity index (χ0) is 10.7. The van der Waals surface area contributed by atoms with E-state index in [9.17, 15) is 4.79 Å². The summed E-state index contributed by atoms with van der Waals surface area (Å²) in [5.74, 6) is -0.110. The van der Waals surface area contributed by atoms with E-state index in [1.54, 1.807) is 12.1 Å². The van der Waals surface area contributed by atoms with Crippen LogP contribution >= 0.6 is 34.2 Å². The number of halogens is 2. The molecule has 1 rings (SSSR count). The summed E-state index contributed by atoms with van der Waals surface area (Å²) in [4.78, 5) is 11.3. The normalized spacial score (nSPS) is 9.71. The molecular weight excluding hydrogens is 318 g/mol. The molecule has 0 aliphatic heterocycles. The molecule has 0 radical (unpaired) electrons. The maximum atomic E-state index is 11.3. The number of carbonyl (C=O) groups is 1. The molecule has 14 heavy (non-hydrogen) atoms. The Hall–Kier alpha value is -0.490. The zero-order valence-corrected chi connectivity index (χ0v) is 10.5. The van der Waals surface area contributed by atoms with Gasteiger partial charge in [-0.2, -0.15) is 0 Å². The van der Waals surface area contributed by atoms with Crippen molar-refractivity contribution in [3.8, 4) is 5.75 Å². The van der Waals surface area contributed by atoms with Crippen LogP contribution < -0.4 is 4.74 Å². The zero-order valence-electron chi connectivity index (χ0n) is 7.64. The molecule has 0 bridgehead atoms. The van der Waals surface area contributed by atoms with Crippen LogP contribution in [0.25, 0.3) is 0 Å². The third-order valence-corrected chi connectivity index (χ3v) is 2.52. The Balaban J connectivity index is 3.32. The highest BCUT2D eigenvalue weighted by Gasteiger charge is 2.16. The average Bonchev–Trinajstić information content (AvgIpc) is 2.15. The summed E-state index contributed by atoms with van der Waals surface area (Å²) in [5.41, 5.74) is 0.340. The molecule has 0 unspecified atom stereocenters. The van der Waals surface area contributed by atoms with Crippen molar-refractivity contribution in [2.45, 2.75) is 0 Å². The van der Waals surface area contributed by atoms with Gasteiger partial charge in [-0.3, -0.25) is 0 Å². The lowest BCUT2D eigenvalue weighted by atomic mass is 10.2. The van der Waals surface area contributed by atoms with Crippen LogP contribution in [0.3, 0.4) is 0 Å². The van der Waals surface area contributed by atoms with E-state index in [2.05, 4.69) is 27.3 Å². The second-order valence-electron chi connectivity index (χ2n) is 2.46. The predicted octanol–water partition coefficient (Wildman–Crippen LogP) is 2.74. The van der Waals surface area contributed by atoms with Crippen molar-refractivity contribution in [3.63, 3.8) is 0 Å². The van der Waals surface area contributed by atoms with E-state index in [4.69, 9.17) is 16.3 Å². The SMILES string of the molecule is COC(=O)c1cc(I)cc(Cl)c1OC. The lowest BCUT2D eigenvalue weighted by Crippen LogP contribution is -2.04. The van der Waals surface area contributed by atoms with E-state index in [0.29, 0.717) is 16.3 Å². The molecule has 0 aliphatic rings. The van der Waals surface area contributed by atoms with E-state index < -0.39 is 5.97 Å². The third kappa shape index (κ3) is 2.30. The molecule has 0 saturated heterocycles. The molecule has 76 valence electrons. The van der Waals surface area contributed by atoms with Crippen LogP contribution in [0.4, 0.5) is 0 Å². The van der Waals surface area contributed by atoms with Crippen LogP contribution in [0.1, 0.15) is 10.4 Å². The molecule has 1 aromatic rings. The summed E-state index contributed by atoms with van der Waals surface area (Å²) in [5, 5.41) is 0.403. The van der Waals surface area contributed by atoms with Crippen molar-refractivity contribution in [1.29, 1.82) is 0 Å². The Bertz CT molecular complexity index is 365. The summed E-state index contributed by atoms with van der Waals surface area (Å²) in [7, 11) is 2.77. The van der Waals surface area contributed by atoms with Crippen molar-refractivity contribution in [3.05, 3.63) is 26.3 Å². The summed E-state index contributed by atoms with van der Waals surface area (Å²) in [6, 6.07) is 3.38. The maximum Gasteiger partial charge on any atom is 0.341 e. The van der Waals surface area contributed by atoms with Crippen LogP contribution in [0.5, 0.6) is 5.75 Å². The first-order chi connectivity index (χ1) is 6.60. The van der Waals surface area contributed by atoms with E-state index in [1.165, 1.54) is 14.2 Å². The van der Waals surface area contributed by atoms with Gasteiger partial charge in [0.05, 0.1) is 19.2 Å². The number of esters is 1. The van der Waals surface area contributed by atoms with Gasteiger partial charge in [0.25, 0.3) is 0 Å². The van der Waals surface area contributed by atoms with E-state index >= 15 is 0 Å². The Morgan fingerprint density at radius 3 is 2.57 bits per heavy atom. The molecule has 0 saturated carbocycles. The highest BCUT2D eigenvalue weighted by molar-refractivity contribution is 14.1. The summed E-state index contributed by atoms with van der Waals surface area (Å²) in [6.45, 7) is 0. The van der Waals surface area contributed by atoms with Gasteiger partial charge in [-0.1, -0.05) is 11.6 Å². The Kier molecular flexibility index (Phi) is 4.00. The molecule has 0 atom stereocenters. The first kappa shape index (κ1) is 11.6. The van der Waals surface area contributed by atoms with Gasteiger partial charge in [-0.05, 0) is 34.7 Å². The van der Waals surface area contributed by atoms with Gasteiger partial charge in [-0.25, -0.2) is 4.79 Å². The maximum absolute atomic E-state index is 11.3. The summed E-state index contributed by atoms with van der Waals surface area (Å²) < 4.78 is 10.5. The van der Waals surface area contributed by atoms with E-state index in [1.807, 2.05) is 0 Å². The van der Waals surface area contributed by atoms with Crippen molar-refractivity contribution in [2.75, 3.05) is 14.2 Å². The van der Waals surface area contributed by atoms with Gasteiger partial charge in [0.1, 0.15) is 5.56 Å². The number of methoxy groups -OCH3 is 2. The minimum atomic E-state index is -0.456. The topological polar surface area (TPSA) is 35.5 Å². The molecule has 3 nitrogen and oxygen atoms in total. The van der Waals surface area contributed by atoms with Crippen LogP contribution in [-0.4, -0.2) is 20.2 Å². The Labute approximate surface area is 100 Å². The highest BCUT2D eigenvalue weighted by Crippen LogP contribution is 2.31. The van der Waals surface area contributed by atoms with Gasteiger partial charge in [0.15, 0.2) is 5.75 Å². The molecule has 0 heterocycles. The standard InChI is InChI=1S/C9H8ClIO3/c1-13-8-6(9(12)14-2)3-5(11)4-7(8)10/h3-4H,1-2H3. The van der Waals surface area contributed by atoms with Gasteiger partial charge in [0.2, 0.25) is 0 Å². The molecule has 1 aromatic carbocycles. The minimum Gasteiger partial charge on any atom is -0.494 e. The lowest BCUT2D eigenvalue weighted by Gasteiger charge is -2.08. The van der Waals surface area contributed by atoms with Crippen molar-refractivity contribution in [2.24, 2.45) is 0 Å². The largest absolute Gasteiger partial charge is 0.494 e. The number of hydrogen-bond acceptors (Lipinski definition) is 3. The average molecular weight is 327 g/mol. The van der Waals surface area contributed by atoms with Crippen LogP contribution in [0, 0.1) is 3.57 Å². The van der Waals surface area contributed by atoms with Crippen LogP contribution in [0.15, 0.2) is 12.1 Å². The van der Waals surface area contributed by atoms with Gasteiger partial charge in [-0.15, -0.1) is 0 Å². The molecular formula is C9H8ClIO3. The Morgan fingerprint density at radius 2 is 2.07 bits per heavy atom. The number of benzene rings is 1. The molecule has 5 heteroatoms. The number of hydrogen-bond donors (Lipinski definition) is 0. The van der Waals surface area contributed by atoms with Crippen molar-refractivity contribution < 1.29 is 14.3 Å². The monoisotopic (exact) mass is 326 g/mol. The van der Waals surface area contributed by atoms with Gasteiger partial charge >= 0.3 is 5.97 Å². The van der Waals surface area contributed by atoms with Gasteiger partial charge in [0, 0.05) is 3.57 Å². The van der Waals surface area contributed by atoms with E-state index in [0.717, 1.165) is 3.57 Å². The Morgan fingerprint density at radius 1 is 1.43 bits per heavy atom. The summed E-state index contributed by atoms with van der Waals surface area (Å²) in [6.07, 6.45) is 0. The fourth-order valence-corrected chi connectivity index (χ4v) is 2.13. The molecule has 0 fully saturated rings. The van der Waals surface area contributed by atoms with Crippen LogP contribution in [-0.2, 0) is 4.74 Å². The fourth-order valence-electron chi connectivity index (χ4n) is 1.03. The molecule has 0 amide bonds. The second-order valence-corrected chi connectivity index (χ2v) is 4.11. The van der Waals surface area contributed by atoms with Gasteiger partial charge < -0.3 is 9.47 Å². The first-order valence-corrected chi connectivity index (χ1v) is 5.17. The highest BCUT2D eigenvalue weighted by atomic mass is 127. The molecule has 0 aromatic heterocycles. The van der Waals surface area contributed by atoms with E-state index in [-0.39, 0.29) is 0 Å². The van der Waals surface area contributed by atoms with Crippen LogP contribution in [0.2, 0.25) is 5.02 Å². The third-order valence-electron chi connectivity index (χ3n) is 1.62. The molecule has 0 N–H and O–H groups in total. The summed E-state index contributed by atoms with van der Waals surface area (Å²) >= 11 is 7.96. The minimum absolute atomic E-state index is 0.340. The predicted molar refractivity (Wildman–Crippen MR) is 62.1 cm³/mol. The van der Waals surface area contributed by atoms with Crippen molar-refractivity contribution in [1.82, 2.24) is 0 Å². The second kappa shape index (κ2) is 4.84.